The number of rotatable bonds is 20. The molecule has 5 heterocycles. The SMILES string of the molecule is CCCCCCC1=Cc2cc3ccc(cc4nc(cc5[nH]c(c(CCCCCC)c1n2)c(CCCCCC)c5CCCCCC)C=C4)[nH]3. The van der Waals surface area contributed by atoms with Gasteiger partial charge in [0.1, 0.15) is 0 Å². The van der Waals surface area contributed by atoms with E-state index in [0.717, 1.165) is 53.8 Å². The second kappa shape index (κ2) is 19.0. The number of hydrogen-bond donors (Lipinski definition) is 2. The molecule has 0 fully saturated rings. The molecule has 8 bridgehead atoms. The van der Waals surface area contributed by atoms with Crippen molar-refractivity contribution in [3.05, 3.63) is 69.8 Å². The maximum absolute atomic E-state index is 5.50. The summed E-state index contributed by atoms with van der Waals surface area (Å²) in [5, 5.41) is 0. The Labute approximate surface area is 291 Å². The van der Waals surface area contributed by atoms with Gasteiger partial charge in [-0.3, -0.25) is 0 Å². The average Bonchev–Trinajstić information content (AvgIpc) is 3.88. The van der Waals surface area contributed by atoms with Crippen molar-refractivity contribution < 1.29 is 0 Å². The van der Waals surface area contributed by atoms with E-state index in [1.165, 1.54) is 136 Å². The molecule has 0 unspecified atom stereocenters. The number of fused-ring (bicyclic) bond motifs is 8. The molecule has 2 aliphatic heterocycles. The molecular weight excluding hydrogens is 585 g/mol. The van der Waals surface area contributed by atoms with E-state index in [9.17, 15) is 0 Å². The first-order valence-electron chi connectivity index (χ1n) is 19.8. The van der Waals surface area contributed by atoms with Crippen LogP contribution in [0.1, 0.15) is 176 Å². The zero-order valence-electron chi connectivity index (χ0n) is 30.7. The fraction of sp³-hybridized carbons (Fsp3) is 0.545. The van der Waals surface area contributed by atoms with Crippen molar-refractivity contribution in [2.45, 2.75) is 156 Å². The molecule has 3 aromatic rings. The van der Waals surface area contributed by atoms with Gasteiger partial charge in [-0.15, -0.1) is 0 Å². The average molecular weight is 647 g/mol. The van der Waals surface area contributed by atoms with Crippen LogP contribution in [0, 0.1) is 0 Å². The molecule has 0 saturated heterocycles. The molecule has 0 aromatic carbocycles. The molecule has 4 heteroatoms. The fourth-order valence-electron chi connectivity index (χ4n) is 7.46. The molecular formula is C44H62N4. The lowest BCUT2D eigenvalue weighted by molar-refractivity contribution is 0.653. The van der Waals surface area contributed by atoms with Gasteiger partial charge in [0.15, 0.2) is 0 Å². The van der Waals surface area contributed by atoms with Crippen molar-refractivity contribution in [2.24, 2.45) is 0 Å². The zero-order valence-corrected chi connectivity index (χ0v) is 30.7. The number of aromatic amines is 2. The predicted octanol–water partition coefficient (Wildman–Crippen LogP) is 13.4. The molecule has 2 aliphatic rings. The third-order valence-electron chi connectivity index (χ3n) is 10.2. The first kappa shape index (κ1) is 35.9. The molecule has 0 radical (unpaired) electrons. The minimum Gasteiger partial charge on any atom is -0.355 e. The Balaban J connectivity index is 1.79. The summed E-state index contributed by atoms with van der Waals surface area (Å²) in [4.78, 5) is 18.3. The molecule has 5 rings (SSSR count). The zero-order chi connectivity index (χ0) is 33.6. The quantitative estimate of drug-likeness (QED) is 0.0939. The highest BCUT2D eigenvalue weighted by molar-refractivity contribution is 5.88. The molecule has 0 saturated carbocycles. The number of nitrogens with zero attached hydrogens (tertiary/aromatic N) is 2. The highest BCUT2D eigenvalue weighted by atomic mass is 14.8. The van der Waals surface area contributed by atoms with Crippen LogP contribution in [0.2, 0.25) is 0 Å². The summed E-state index contributed by atoms with van der Waals surface area (Å²) < 4.78 is 0. The summed E-state index contributed by atoms with van der Waals surface area (Å²) >= 11 is 0. The van der Waals surface area contributed by atoms with E-state index in [4.69, 9.17) is 9.97 Å². The maximum Gasteiger partial charge on any atom is 0.0722 e. The summed E-state index contributed by atoms with van der Waals surface area (Å²) in [6.07, 6.45) is 31.4. The standard InChI is InChI=1S/C44H62N4/c1-5-9-13-17-21-33-29-38-31-36-26-25-34(45-36)30-35-27-28-37(46-35)32-42-39(22-18-14-10-6-2)40(23-19-15-11-7-3)44(48-42)41(43(33)47-38)24-20-16-12-8-4/h25-32,45,48H,5-24H2,1-4H3. The molecule has 258 valence electrons. The number of H-pyrrole nitrogens is 2. The molecule has 48 heavy (non-hydrogen) atoms. The lowest BCUT2D eigenvalue weighted by atomic mass is 9.93. The smallest absolute Gasteiger partial charge is 0.0722 e. The van der Waals surface area contributed by atoms with Gasteiger partial charge >= 0.3 is 0 Å². The Morgan fingerprint density at radius 2 is 1.00 bits per heavy atom. The molecule has 3 aromatic heterocycles. The lowest BCUT2D eigenvalue weighted by Crippen LogP contribution is -1.99. The first-order valence-corrected chi connectivity index (χ1v) is 19.8. The second-order valence-electron chi connectivity index (χ2n) is 14.2. The molecule has 0 aliphatic carbocycles. The molecule has 0 spiro atoms. The minimum atomic E-state index is 0.990. The van der Waals surface area contributed by atoms with Gasteiger partial charge in [0.2, 0.25) is 0 Å². The van der Waals surface area contributed by atoms with E-state index in [-0.39, 0.29) is 0 Å². The monoisotopic (exact) mass is 646 g/mol. The van der Waals surface area contributed by atoms with Crippen LogP contribution < -0.4 is 0 Å². The van der Waals surface area contributed by atoms with Gasteiger partial charge in [0.05, 0.1) is 22.8 Å². The van der Waals surface area contributed by atoms with E-state index < -0.39 is 0 Å². The number of nitrogens with one attached hydrogen (secondary N) is 2. The van der Waals surface area contributed by atoms with Crippen LogP contribution in [0.25, 0.3) is 45.9 Å². The van der Waals surface area contributed by atoms with Crippen LogP contribution in [0.3, 0.4) is 0 Å². The largest absolute Gasteiger partial charge is 0.355 e. The van der Waals surface area contributed by atoms with Crippen molar-refractivity contribution in [1.29, 1.82) is 0 Å². The third-order valence-corrected chi connectivity index (χ3v) is 10.2. The number of aryl methyl sites for hydroxylation is 3. The van der Waals surface area contributed by atoms with Crippen molar-refractivity contribution in [3.63, 3.8) is 0 Å². The van der Waals surface area contributed by atoms with Gasteiger partial charge in [-0.1, -0.05) is 105 Å². The summed E-state index contributed by atoms with van der Waals surface area (Å²) in [7, 11) is 0. The molecule has 4 nitrogen and oxygen atoms in total. The normalized spacial score (nSPS) is 12.6. The Morgan fingerprint density at radius 3 is 1.60 bits per heavy atom. The minimum absolute atomic E-state index is 0.990. The van der Waals surface area contributed by atoms with E-state index in [1.54, 1.807) is 5.56 Å². The number of hydrogen-bond acceptors (Lipinski definition) is 2. The van der Waals surface area contributed by atoms with Crippen LogP contribution >= 0.6 is 0 Å². The van der Waals surface area contributed by atoms with E-state index in [0.29, 0.717) is 0 Å². The first-order chi connectivity index (χ1) is 23.6. The molecule has 2 N–H and O–H groups in total. The van der Waals surface area contributed by atoms with Crippen molar-refractivity contribution in [3.8, 4) is 0 Å². The van der Waals surface area contributed by atoms with Gasteiger partial charge < -0.3 is 9.97 Å². The van der Waals surface area contributed by atoms with Gasteiger partial charge in [0.25, 0.3) is 0 Å². The Bertz CT molecular complexity index is 1680. The summed E-state index contributed by atoms with van der Waals surface area (Å²) in [6.45, 7) is 9.24. The van der Waals surface area contributed by atoms with Crippen LogP contribution in [0.4, 0.5) is 0 Å². The maximum atomic E-state index is 5.50. The number of unbranched alkanes of at least 4 members (excludes halogenated alkanes) is 12. The van der Waals surface area contributed by atoms with Crippen LogP contribution in [0.15, 0.2) is 30.3 Å². The van der Waals surface area contributed by atoms with Gasteiger partial charge in [-0.05, 0) is 117 Å². The van der Waals surface area contributed by atoms with Crippen LogP contribution in [-0.2, 0) is 19.3 Å². The number of allylic oxidation sites excluding steroid dienone is 1. The van der Waals surface area contributed by atoms with Gasteiger partial charge in [-0.2, -0.15) is 0 Å². The summed E-state index contributed by atoms with van der Waals surface area (Å²) in [5.41, 5.74) is 15.1. The fourth-order valence-corrected chi connectivity index (χ4v) is 7.46. The molecule has 0 atom stereocenters. The van der Waals surface area contributed by atoms with E-state index in [2.05, 4.69) is 86.2 Å². The predicted molar refractivity (Wildman–Crippen MR) is 210 cm³/mol. The van der Waals surface area contributed by atoms with Crippen molar-refractivity contribution >= 4 is 45.9 Å². The highest BCUT2D eigenvalue weighted by Gasteiger charge is 2.21. The Morgan fingerprint density at radius 1 is 0.479 bits per heavy atom. The van der Waals surface area contributed by atoms with Gasteiger partial charge in [0, 0.05) is 27.6 Å². The van der Waals surface area contributed by atoms with Crippen LogP contribution in [-0.4, -0.2) is 19.9 Å². The summed E-state index contributed by atoms with van der Waals surface area (Å²) in [5.74, 6) is 0. The van der Waals surface area contributed by atoms with E-state index in [1.807, 2.05) is 0 Å². The summed E-state index contributed by atoms with van der Waals surface area (Å²) in [6, 6.07) is 11.0. The Kier molecular flexibility index (Phi) is 14.2. The second-order valence-corrected chi connectivity index (χ2v) is 14.2. The lowest BCUT2D eigenvalue weighted by Gasteiger charge is -2.12. The van der Waals surface area contributed by atoms with Crippen molar-refractivity contribution in [2.75, 3.05) is 0 Å². The number of aromatic nitrogens is 4. The van der Waals surface area contributed by atoms with Crippen molar-refractivity contribution in [1.82, 2.24) is 19.9 Å². The highest BCUT2D eigenvalue weighted by Crippen LogP contribution is 2.35. The third kappa shape index (κ3) is 9.83. The van der Waals surface area contributed by atoms with Crippen LogP contribution in [0.5, 0.6) is 0 Å². The molecule has 0 amide bonds. The van der Waals surface area contributed by atoms with Gasteiger partial charge in [-0.25, -0.2) is 9.97 Å². The topological polar surface area (TPSA) is 57.4 Å². The van der Waals surface area contributed by atoms with E-state index >= 15 is 0 Å². The Hall–Kier alpha value is -3.40.